The summed E-state index contributed by atoms with van der Waals surface area (Å²) in [5, 5.41) is 0. The van der Waals surface area contributed by atoms with Gasteiger partial charge in [-0.3, -0.25) is 9.59 Å². The monoisotopic (exact) mass is 170 g/mol. The van der Waals surface area contributed by atoms with Crippen molar-refractivity contribution in [3.8, 4) is 0 Å². The lowest BCUT2D eigenvalue weighted by molar-refractivity contribution is -0.121. The molecule has 4 heteroatoms. The SMILES string of the molecule is CC(C)/C=C(/C(N)=O)N(C)C=O. The maximum absolute atomic E-state index is 10.8. The second-order valence-corrected chi connectivity index (χ2v) is 2.88. The molecule has 0 radical (unpaired) electrons. The van der Waals surface area contributed by atoms with E-state index < -0.39 is 5.91 Å². The number of amides is 2. The van der Waals surface area contributed by atoms with E-state index in [-0.39, 0.29) is 11.6 Å². The molecule has 0 unspecified atom stereocenters. The Hall–Kier alpha value is -1.32. The third-order valence-corrected chi connectivity index (χ3v) is 1.28. The molecule has 2 N–H and O–H groups in total. The fraction of sp³-hybridized carbons (Fsp3) is 0.500. The van der Waals surface area contributed by atoms with Crippen LogP contribution in [0.1, 0.15) is 13.8 Å². The van der Waals surface area contributed by atoms with Crippen LogP contribution in [0.15, 0.2) is 11.8 Å². The van der Waals surface area contributed by atoms with Crippen molar-refractivity contribution >= 4 is 12.3 Å². The summed E-state index contributed by atoms with van der Waals surface area (Å²) in [5.41, 5.74) is 5.29. The number of carbonyl (C=O) groups excluding carboxylic acids is 2. The van der Waals surface area contributed by atoms with Gasteiger partial charge in [-0.2, -0.15) is 0 Å². The van der Waals surface area contributed by atoms with Crippen LogP contribution in [-0.4, -0.2) is 24.3 Å². The average Bonchev–Trinajstić information content (AvgIpc) is 1.98. The molecule has 2 amide bonds. The van der Waals surface area contributed by atoms with Crippen LogP contribution in [0.5, 0.6) is 0 Å². The van der Waals surface area contributed by atoms with Crippen LogP contribution < -0.4 is 5.73 Å². The van der Waals surface area contributed by atoms with E-state index in [4.69, 9.17) is 5.73 Å². The molecule has 0 aliphatic rings. The highest BCUT2D eigenvalue weighted by atomic mass is 16.2. The maximum Gasteiger partial charge on any atom is 0.265 e. The summed E-state index contributed by atoms with van der Waals surface area (Å²) in [6.45, 7) is 3.81. The fourth-order valence-electron chi connectivity index (χ4n) is 0.746. The molecule has 0 aromatic heterocycles. The van der Waals surface area contributed by atoms with Crippen molar-refractivity contribution in [2.75, 3.05) is 7.05 Å². The Labute approximate surface area is 72.0 Å². The van der Waals surface area contributed by atoms with Gasteiger partial charge in [0.15, 0.2) is 0 Å². The van der Waals surface area contributed by atoms with Crippen LogP contribution in [0.3, 0.4) is 0 Å². The molecule has 0 rings (SSSR count). The van der Waals surface area contributed by atoms with Crippen molar-refractivity contribution in [1.29, 1.82) is 0 Å². The molecule has 0 aromatic carbocycles. The second-order valence-electron chi connectivity index (χ2n) is 2.88. The molecule has 12 heavy (non-hydrogen) atoms. The maximum atomic E-state index is 10.8. The largest absolute Gasteiger partial charge is 0.364 e. The van der Waals surface area contributed by atoms with E-state index >= 15 is 0 Å². The van der Waals surface area contributed by atoms with Crippen molar-refractivity contribution in [3.63, 3.8) is 0 Å². The summed E-state index contributed by atoms with van der Waals surface area (Å²) in [4.78, 5) is 22.3. The standard InChI is InChI=1S/C8H14N2O2/c1-6(2)4-7(8(9)12)10(3)5-11/h4-6H,1-3H3,(H2,9,12)/b7-4-. The molecular weight excluding hydrogens is 156 g/mol. The third-order valence-electron chi connectivity index (χ3n) is 1.28. The van der Waals surface area contributed by atoms with Crippen LogP contribution in [0.2, 0.25) is 0 Å². The highest BCUT2D eigenvalue weighted by molar-refractivity contribution is 5.93. The molecular formula is C8H14N2O2. The molecule has 0 aromatic rings. The van der Waals surface area contributed by atoms with Crippen LogP contribution in [-0.2, 0) is 9.59 Å². The number of carbonyl (C=O) groups is 2. The summed E-state index contributed by atoms with van der Waals surface area (Å²) in [7, 11) is 1.49. The molecule has 4 nitrogen and oxygen atoms in total. The minimum atomic E-state index is -0.585. The Morgan fingerprint density at radius 1 is 1.50 bits per heavy atom. The first-order valence-corrected chi connectivity index (χ1v) is 3.68. The van der Waals surface area contributed by atoms with E-state index in [0.717, 1.165) is 0 Å². The summed E-state index contributed by atoms with van der Waals surface area (Å²) >= 11 is 0. The van der Waals surface area contributed by atoms with E-state index in [1.165, 1.54) is 11.9 Å². The topological polar surface area (TPSA) is 63.4 Å². The van der Waals surface area contributed by atoms with Gasteiger partial charge in [0, 0.05) is 7.05 Å². The van der Waals surface area contributed by atoms with Gasteiger partial charge in [-0.25, -0.2) is 0 Å². The van der Waals surface area contributed by atoms with Gasteiger partial charge in [-0.05, 0) is 5.92 Å². The quantitative estimate of drug-likeness (QED) is 0.480. The third kappa shape index (κ3) is 3.18. The number of nitrogens with zero attached hydrogens (tertiary/aromatic N) is 1. The van der Waals surface area contributed by atoms with E-state index in [1.807, 2.05) is 13.8 Å². The molecule has 0 fully saturated rings. The predicted molar refractivity (Wildman–Crippen MR) is 45.9 cm³/mol. The normalized spacial score (nSPS) is 11.5. The second kappa shape index (κ2) is 4.54. The number of likely N-dealkylation sites (N-methyl/N-ethyl adjacent to an activating group) is 1. The summed E-state index contributed by atoms with van der Waals surface area (Å²) < 4.78 is 0. The van der Waals surface area contributed by atoms with Crippen LogP contribution in [0, 0.1) is 5.92 Å². The zero-order chi connectivity index (χ0) is 9.72. The van der Waals surface area contributed by atoms with Crippen molar-refractivity contribution in [3.05, 3.63) is 11.8 Å². The summed E-state index contributed by atoms with van der Waals surface area (Å²) in [5.74, 6) is -0.395. The Morgan fingerprint density at radius 3 is 2.25 bits per heavy atom. The Balaban J connectivity index is 4.65. The van der Waals surface area contributed by atoms with Gasteiger partial charge in [-0.15, -0.1) is 0 Å². The number of hydrogen-bond donors (Lipinski definition) is 1. The zero-order valence-corrected chi connectivity index (χ0v) is 7.57. The van der Waals surface area contributed by atoms with Crippen LogP contribution >= 0.6 is 0 Å². The smallest absolute Gasteiger partial charge is 0.265 e. The fourth-order valence-corrected chi connectivity index (χ4v) is 0.746. The average molecular weight is 170 g/mol. The minimum Gasteiger partial charge on any atom is -0.364 e. The number of primary amides is 1. The molecule has 0 saturated carbocycles. The van der Waals surface area contributed by atoms with Gasteiger partial charge in [-0.1, -0.05) is 19.9 Å². The lowest BCUT2D eigenvalue weighted by atomic mass is 10.1. The van der Waals surface area contributed by atoms with E-state index in [1.54, 1.807) is 6.08 Å². The summed E-state index contributed by atoms with van der Waals surface area (Å²) in [6, 6.07) is 0. The van der Waals surface area contributed by atoms with Gasteiger partial charge < -0.3 is 10.6 Å². The zero-order valence-electron chi connectivity index (χ0n) is 7.57. The predicted octanol–water partition coefficient (Wildman–Crippen LogP) is 0.0998. The number of allylic oxidation sites excluding steroid dienone is 1. The van der Waals surface area contributed by atoms with Crippen molar-refractivity contribution in [1.82, 2.24) is 4.90 Å². The van der Waals surface area contributed by atoms with Gasteiger partial charge >= 0.3 is 0 Å². The highest BCUT2D eigenvalue weighted by Crippen LogP contribution is 2.03. The molecule has 0 saturated heterocycles. The molecule has 0 spiro atoms. The number of hydrogen-bond acceptors (Lipinski definition) is 2. The Kier molecular flexibility index (Phi) is 4.04. The Morgan fingerprint density at radius 2 is 2.00 bits per heavy atom. The lowest BCUT2D eigenvalue weighted by Crippen LogP contribution is -2.27. The summed E-state index contributed by atoms with van der Waals surface area (Å²) in [6.07, 6.45) is 2.20. The molecule has 68 valence electrons. The van der Waals surface area contributed by atoms with E-state index in [9.17, 15) is 9.59 Å². The first kappa shape index (κ1) is 10.7. The van der Waals surface area contributed by atoms with Gasteiger partial charge in [0.1, 0.15) is 5.70 Å². The van der Waals surface area contributed by atoms with Crippen LogP contribution in [0.25, 0.3) is 0 Å². The molecule has 0 aliphatic heterocycles. The first-order valence-electron chi connectivity index (χ1n) is 3.68. The van der Waals surface area contributed by atoms with E-state index in [2.05, 4.69) is 0 Å². The van der Waals surface area contributed by atoms with Gasteiger partial charge in [0.25, 0.3) is 5.91 Å². The first-order chi connectivity index (χ1) is 5.49. The number of nitrogens with two attached hydrogens (primary N) is 1. The Bertz CT molecular complexity index is 209. The van der Waals surface area contributed by atoms with Gasteiger partial charge in [0.05, 0.1) is 0 Å². The van der Waals surface area contributed by atoms with Crippen molar-refractivity contribution in [2.24, 2.45) is 11.7 Å². The molecule has 0 heterocycles. The molecule has 0 bridgehead atoms. The van der Waals surface area contributed by atoms with Crippen LogP contribution in [0.4, 0.5) is 0 Å². The lowest BCUT2D eigenvalue weighted by Gasteiger charge is -2.12. The van der Waals surface area contributed by atoms with Crippen molar-refractivity contribution < 1.29 is 9.59 Å². The molecule has 0 aliphatic carbocycles. The highest BCUT2D eigenvalue weighted by Gasteiger charge is 2.09. The number of rotatable bonds is 4. The molecule has 0 atom stereocenters. The van der Waals surface area contributed by atoms with E-state index in [0.29, 0.717) is 6.41 Å². The van der Waals surface area contributed by atoms with Gasteiger partial charge in [0.2, 0.25) is 6.41 Å². The van der Waals surface area contributed by atoms with Crippen molar-refractivity contribution in [2.45, 2.75) is 13.8 Å². The minimum absolute atomic E-state index is 0.190.